The molecule has 2 aromatic carbocycles. The average molecular weight is 288 g/mol. The summed E-state index contributed by atoms with van der Waals surface area (Å²) in [7, 11) is 0. The summed E-state index contributed by atoms with van der Waals surface area (Å²) >= 11 is 0. The first-order chi connectivity index (χ1) is 9.95. The molecule has 108 valence electrons. The van der Waals surface area contributed by atoms with Crippen molar-refractivity contribution in [3.8, 4) is 0 Å². The molecule has 0 fully saturated rings. The third kappa shape index (κ3) is 3.79. The molecule has 2 rings (SSSR count). The van der Waals surface area contributed by atoms with E-state index in [1.165, 1.54) is 12.1 Å². The first-order valence-electron chi connectivity index (χ1n) is 6.13. The highest BCUT2D eigenvalue weighted by molar-refractivity contribution is 6.04. The van der Waals surface area contributed by atoms with E-state index in [0.717, 1.165) is 11.6 Å². The quantitative estimate of drug-likeness (QED) is 0.809. The van der Waals surface area contributed by atoms with Gasteiger partial charge in [0.1, 0.15) is 5.82 Å². The second kappa shape index (κ2) is 6.04. The van der Waals surface area contributed by atoms with Crippen molar-refractivity contribution in [1.29, 1.82) is 0 Å². The van der Waals surface area contributed by atoms with Gasteiger partial charge in [-0.05, 0) is 37.3 Å². The summed E-state index contributed by atoms with van der Waals surface area (Å²) in [6.07, 6.45) is -1.27. The molecule has 0 heterocycles. The summed E-state index contributed by atoms with van der Waals surface area (Å²) in [6.45, 7) is 1.84. The molecule has 2 amide bonds. The highest BCUT2D eigenvalue weighted by atomic mass is 19.1. The molecular weight excluding hydrogens is 275 g/mol. The van der Waals surface area contributed by atoms with Crippen LogP contribution in [0.1, 0.15) is 15.9 Å². The van der Waals surface area contributed by atoms with Gasteiger partial charge in [0, 0.05) is 11.3 Å². The molecule has 0 atom stereocenters. The van der Waals surface area contributed by atoms with Crippen LogP contribution in [0.3, 0.4) is 0 Å². The van der Waals surface area contributed by atoms with Crippen LogP contribution < -0.4 is 10.6 Å². The van der Waals surface area contributed by atoms with Crippen LogP contribution in [0.4, 0.5) is 20.6 Å². The molecule has 2 aromatic rings. The van der Waals surface area contributed by atoms with Crippen LogP contribution >= 0.6 is 0 Å². The molecule has 0 bridgehead atoms. The van der Waals surface area contributed by atoms with Gasteiger partial charge >= 0.3 is 6.09 Å². The minimum absolute atomic E-state index is 0.0900. The summed E-state index contributed by atoms with van der Waals surface area (Å²) in [5.74, 6) is -1.11. The lowest BCUT2D eigenvalue weighted by molar-refractivity contribution is 0.102. The van der Waals surface area contributed by atoms with Gasteiger partial charge in [-0.2, -0.15) is 0 Å². The molecule has 0 aliphatic carbocycles. The fourth-order valence-corrected chi connectivity index (χ4v) is 1.80. The Labute approximate surface area is 120 Å². The Morgan fingerprint density at radius 2 is 1.86 bits per heavy atom. The molecule has 0 aliphatic heterocycles. The van der Waals surface area contributed by atoms with Gasteiger partial charge in [0.2, 0.25) is 0 Å². The maximum absolute atomic E-state index is 13.7. The van der Waals surface area contributed by atoms with Crippen molar-refractivity contribution in [3.63, 3.8) is 0 Å². The summed E-state index contributed by atoms with van der Waals surface area (Å²) in [4.78, 5) is 22.6. The Morgan fingerprint density at radius 1 is 1.10 bits per heavy atom. The highest BCUT2D eigenvalue weighted by Crippen LogP contribution is 2.20. The molecule has 0 unspecified atom stereocenters. The Hall–Kier alpha value is -2.89. The van der Waals surface area contributed by atoms with Gasteiger partial charge in [-0.1, -0.05) is 17.7 Å². The van der Waals surface area contributed by atoms with E-state index in [9.17, 15) is 14.0 Å². The van der Waals surface area contributed by atoms with Gasteiger partial charge in [-0.3, -0.25) is 10.1 Å². The Kier molecular flexibility index (Phi) is 4.18. The second-order valence-corrected chi connectivity index (χ2v) is 4.45. The fourth-order valence-electron chi connectivity index (χ4n) is 1.80. The maximum atomic E-state index is 13.7. The lowest BCUT2D eigenvalue weighted by Gasteiger charge is -2.09. The molecule has 5 nitrogen and oxygen atoms in total. The minimum atomic E-state index is -1.27. The number of amides is 2. The minimum Gasteiger partial charge on any atom is -0.465 e. The van der Waals surface area contributed by atoms with Crippen molar-refractivity contribution in [2.45, 2.75) is 6.92 Å². The molecule has 0 saturated heterocycles. The number of carbonyl (C=O) groups excluding carboxylic acids is 1. The molecule has 6 heteroatoms. The monoisotopic (exact) mass is 288 g/mol. The van der Waals surface area contributed by atoms with E-state index in [2.05, 4.69) is 10.6 Å². The number of hydrogen-bond donors (Lipinski definition) is 3. The Bertz CT molecular complexity index is 701. The summed E-state index contributed by atoms with van der Waals surface area (Å²) in [5, 5.41) is 13.1. The van der Waals surface area contributed by atoms with Crippen LogP contribution in [0.5, 0.6) is 0 Å². The number of carbonyl (C=O) groups is 2. The largest absolute Gasteiger partial charge is 0.465 e. The van der Waals surface area contributed by atoms with E-state index >= 15 is 0 Å². The molecule has 3 N–H and O–H groups in total. The van der Waals surface area contributed by atoms with E-state index in [-0.39, 0.29) is 11.4 Å². The van der Waals surface area contributed by atoms with Crippen molar-refractivity contribution in [2.24, 2.45) is 0 Å². The summed E-state index contributed by atoms with van der Waals surface area (Å²) in [6, 6.07) is 10.4. The van der Waals surface area contributed by atoms with Gasteiger partial charge in [-0.25, -0.2) is 9.18 Å². The number of anilines is 2. The zero-order valence-corrected chi connectivity index (χ0v) is 11.2. The average Bonchev–Trinajstić information content (AvgIpc) is 2.42. The Morgan fingerprint density at radius 3 is 2.52 bits per heavy atom. The topological polar surface area (TPSA) is 78.4 Å². The molecule has 0 saturated carbocycles. The SMILES string of the molecule is Cc1cccc(C(=O)Nc2cc(NC(=O)O)ccc2F)c1. The number of carboxylic acid groups (broad SMARTS) is 1. The van der Waals surface area contributed by atoms with Crippen LogP contribution in [-0.2, 0) is 0 Å². The predicted molar refractivity (Wildman–Crippen MR) is 77.2 cm³/mol. The Balaban J connectivity index is 2.22. The number of rotatable bonds is 3. The zero-order chi connectivity index (χ0) is 15.4. The normalized spacial score (nSPS) is 10.0. The van der Waals surface area contributed by atoms with Gasteiger partial charge in [0.05, 0.1) is 5.69 Å². The van der Waals surface area contributed by atoms with Crippen molar-refractivity contribution < 1.29 is 19.1 Å². The molecular formula is C15H13FN2O3. The van der Waals surface area contributed by atoms with Crippen LogP contribution in [0, 0.1) is 12.7 Å². The molecule has 0 aromatic heterocycles. The van der Waals surface area contributed by atoms with E-state index in [1.54, 1.807) is 18.2 Å². The van der Waals surface area contributed by atoms with Crippen molar-refractivity contribution in [3.05, 3.63) is 59.4 Å². The fraction of sp³-hybridized carbons (Fsp3) is 0.0667. The van der Waals surface area contributed by atoms with Gasteiger partial charge in [0.25, 0.3) is 5.91 Å². The third-order valence-corrected chi connectivity index (χ3v) is 2.75. The number of benzene rings is 2. The van der Waals surface area contributed by atoms with Gasteiger partial charge < -0.3 is 10.4 Å². The molecule has 0 spiro atoms. The standard InChI is InChI=1S/C15H13FN2O3/c1-9-3-2-4-10(7-9)14(19)18-13-8-11(17-15(20)21)5-6-12(13)16/h2-8,17H,1H3,(H,18,19)(H,20,21). The third-order valence-electron chi connectivity index (χ3n) is 2.75. The zero-order valence-electron chi connectivity index (χ0n) is 11.2. The first kappa shape index (κ1) is 14.5. The van der Waals surface area contributed by atoms with E-state index < -0.39 is 17.8 Å². The first-order valence-corrected chi connectivity index (χ1v) is 6.13. The van der Waals surface area contributed by atoms with Crippen LogP contribution in [0.15, 0.2) is 42.5 Å². The van der Waals surface area contributed by atoms with Crippen LogP contribution in [-0.4, -0.2) is 17.1 Å². The second-order valence-electron chi connectivity index (χ2n) is 4.45. The van der Waals surface area contributed by atoms with E-state index in [4.69, 9.17) is 5.11 Å². The van der Waals surface area contributed by atoms with Crippen molar-refractivity contribution in [1.82, 2.24) is 0 Å². The van der Waals surface area contributed by atoms with E-state index in [1.807, 2.05) is 13.0 Å². The number of nitrogens with one attached hydrogen (secondary N) is 2. The van der Waals surface area contributed by atoms with Crippen molar-refractivity contribution in [2.75, 3.05) is 10.6 Å². The summed E-state index contributed by atoms with van der Waals surface area (Å²) in [5.41, 5.74) is 1.38. The maximum Gasteiger partial charge on any atom is 0.409 e. The van der Waals surface area contributed by atoms with Crippen molar-refractivity contribution >= 4 is 23.4 Å². The van der Waals surface area contributed by atoms with E-state index in [0.29, 0.717) is 5.56 Å². The highest BCUT2D eigenvalue weighted by Gasteiger charge is 2.11. The molecule has 0 aliphatic rings. The smallest absolute Gasteiger partial charge is 0.409 e. The number of aryl methyl sites for hydroxylation is 1. The number of hydrogen-bond acceptors (Lipinski definition) is 2. The van der Waals surface area contributed by atoms with Crippen LogP contribution in [0.25, 0.3) is 0 Å². The lowest BCUT2D eigenvalue weighted by atomic mass is 10.1. The number of halogens is 1. The summed E-state index contributed by atoms with van der Waals surface area (Å²) < 4.78 is 13.7. The van der Waals surface area contributed by atoms with Crippen LogP contribution in [0.2, 0.25) is 0 Å². The van der Waals surface area contributed by atoms with Gasteiger partial charge in [-0.15, -0.1) is 0 Å². The molecule has 0 radical (unpaired) electrons. The molecule has 21 heavy (non-hydrogen) atoms. The van der Waals surface area contributed by atoms with Gasteiger partial charge in [0.15, 0.2) is 0 Å². The predicted octanol–water partition coefficient (Wildman–Crippen LogP) is 3.48. The lowest BCUT2D eigenvalue weighted by Crippen LogP contribution is -2.14.